The molecule has 9 heteroatoms. The number of rotatable bonds is 5. The zero-order chi connectivity index (χ0) is 16.6. The average molecular weight is 339 g/mol. The average Bonchev–Trinajstić information content (AvgIpc) is 3.21. The Morgan fingerprint density at radius 1 is 1.52 bits per heavy atom. The van der Waals surface area contributed by atoms with Gasteiger partial charge in [-0.2, -0.15) is 5.10 Å². The van der Waals surface area contributed by atoms with Crippen LogP contribution in [0.4, 0.5) is 10.2 Å². The fourth-order valence-electron chi connectivity index (χ4n) is 2.29. The Morgan fingerprint density at radius 2 is 2.30 bits per heavy atom. The largest absolute Gasteiger partial charge is 0.310 e. The van der Waals surface area contributed by atoms with Crippen LogP contribution in [-0.2, 0) is 11.3 Å². The van der Waals surface area contributed by atoms with Gasteiger partial charge in [0.05, 0.1) is 17.8 Å². The van der Waals surface area contributed by atoms with Crippen LogP contribution in [0.5, 0.6) is 0 Å². The number of carbonyl (C=O) groups excluding carboxylic acids is 1. The Morgan fingerprint density at radius 3 is 2.96 bits per heavy atom. The predicted molar refractivity (Wildman–Crippen MR) is 80.3 cm³/mol. The molecule has 0 aliphatic heterocycles. The summed E-state index contributed by atoms with van der Waals surface area (Å²) < 4.78 is 14.9. The fourth-order valence-corrected chi connectivity index (χ4v) is 2.41. The maximum absolute atomic E-state index is 13.5. The Labute approximate surface area is 135 Å². The summed E-state index contributed by atoms with van der Waals surface area (Å²) in [6.07, 6.45) is 1.73. The van der Waals surface area contributed by atoms with Crippen molar-refractivity contribution in [2.45, 2.75) is 19.0 Å². The molecule has 1 fully saturated rings. The van der Waals surface area contributed by atoms with E-state index in [-0.39, 0.29) is 18.0 Å². The molecule has 1 aliphatic rings. The molecular formula is C14H12ClFN4O3. The third-order valence-electron chi connectivity index (χ3n) is 3.65. The number of hydrogen-bond donors (Lipinski definition) is 1. The van der Waals surface area contributed by atoms with E-state index in [2.05, 4.69) is 10.4 Å². The fraction of sp³-hybridized carbons (Fsp3) is 0.286. The summed E-state index contributed by atoms with van der Waals surface area (Å²) in [4.78, 5) is 22.1. The van der Waals surface area contributed by atoms with E-state index in [1.165, 1.54) is 23.0 Å². The summed E-state index contributed by atoms with van der Waals surface area (Å²) in [5.41, 5.74) is 0.626. The van der Waals surface area contributed by atoms with E-state index in [4.69, 9.17) is 11.6 Å². The van der Waals surface area contributed by atoms with Gasteiger partial charge in [-0.3, -0.25) is 14.9 Å². The van der Waals surface area contributed by atoms with Crippen molar-refractivity contribution in [3.8, 4) is 0 Å². The van der Waals surface area contributed by atoms with E-state index >= 15 is 0 Å². The van der Waals surface area contributed by atoms with E-state index in [1.54, 1.807) is 12.1 Å². The molecule has 0 bridgehead atoms. The molecule has 1 saturated carbocycles. The summed E-state index contributed by atoms with van der Waals surface area (Å²) in [6.45, 7) is 0.236. The second kappa shape index (κ2) is 5.96. The highest BCUT2D eigenvalue weighted by Crippen LogP contribution is 2.34. The van der Waals surface area contributed by atoms with Crippen LogP contribution in [0.3, 0.4) is 0 Å². The first-order valence-corrected chi connectivity index (χ1v) is 7.23. The van der Waals surface area contributed by atoms with Gasteiger partial charge in [0.25, 0.3) is 0 Å². The molecule has 120 valence electrons. The zero-order valence-electron chi connectivity index (χ0n) is 11.8. The molecule has 1 aromatic carbocycles. The number of benzene rings is 1. The molecule has 1 aliphatic carbocycles. The second-order valence-electron chi connectivity index (χ2n) is 5.31. The van der Waals surface area contributed by atoms with Gasteiger partial charge >= 0.3 is 0 Å². The number of carbonyl (C=O) groups is 1. The number of hydrogen-bond acceptors (Lipinski definition) is 4. The Balaban J connectivity index is 1.69. The van der Waals surface area contributed by atoms with Crippen molar-refractivity contribution in [3.05, 3.63) is 57.0 Å². The first-order valence-electron chi connectivity index (χ1n) is 6.86. The summed E-state index contributed by atoms with van der Waals surface area (Å²) in [7, 11) is 0. The number of aromatic nitrogens is 2. The molecule has 2 atom stereocenters. The van der Waals surface area contributed by atoms with Crippen LogP contribution in [0, 0.1) is 21.8 Å². The Bertz CT molecular complexity index is 779. The molecule has 0 saturated heterocycles. The monoisotopic (exact) mass is 338 g/mol. The van der Waals surface area contributed by atoms with Gasteiger partial charge < -0.3 is 5.32 Å². The van der Waals surface area contributed by atoms with Crippen molar-refractivity contribution >= 4 is 23.3 Å². The van der Waals surface area contributed by atoms with Gasteiger partial charge in [0.1, 0.15) is 17.6 Å². The Kier molecular flexibility index (Phi) is 3.99. The third-order valence-corrected chi connectivity index (χ3v) is 3.96. The number of nitrogens with one attached hydrogen (secondary N) is 1. The molecule has 1 N–H and O–H groups in total. The van der Waals surface area contributed by atoms with Crippen molar-refractivity contribution < 1.29 is 14.1 Å². The molecular weight excluding hydrogens is 327 g/mol. The van der Waals surface area contributed by atoms with Crippen LogP contribution in [0.2, 0.25) is 5.02 Å². The van der Waals surface area contributed by atoms with Crippen molar-refractivity contribution in [2.24, 2.45) is 5.92 Å². The van der Waals surface area contributed by atoms with Gasteiger partial charge in [0, 0.05) is 17.4 Å². The van der Waals surface area contributed by atoms with Gasteiger partial charge in [-0.25, -0.2) is 9.07 Å². The van der Waals surface area contributed by atoms with Gasteiger partial charge in [0.15, 0.2) is 0 Å². The summed E-state index contributed by atoms with van der Waals surface area (Å²) in [6, 6.07) is 5.16. The van der Waals surface area contributed by atoms with Gasteiger partial charge in [0.2, 0.25) is 11.9 Å². The SMILES string of the molecule is O=C(Nc1ccnn1Cc1ccc(Cl)c(F)c1)[C@H]1C[C@@H]1[N+](=O)[O-]. The molecule has 0 radical (unpaired) electrons. The molecule has 7 nitrogen and oxygen atoms in total. The number of nitrogens with zero attached hydrogens (tertiary/aromatic N) is 3. The summed E-state index contributed by atoms with van der Waals surface area (Å²) >= 11 is 5.63. The smallest absolute Gasteiger partial charge is 0.235 e. The zero-order valence-corrected chi connectivity index (χ0v) is 12.5. The minimum Gasteiger partial charge on any atom is -0.310 e. The van der Waals surface area contributed by atoms with Gasteiger partial charge in [-0.1, -0.05) is 17.7 Å². The molecule has 23 heavy (non-hydrogen) atoms. The molecule has 1 aromatic heterocycles. The maximum atomic E-state index is 13.5. The second-order valence-corrected chi connectivity index (χ2v) is 5.71. The highest BCUT2D eigenvalue weighted by molar-refractivity contribution is 6.30. The van der Waals surface area contributed by atoms with Crippen LogP contribution >= 0.6 is 11.6 Å². The lowest BCUT2D eigenvalue weighted by molar-refractivity contribution is -0.497. The van der Waals surface area contributed by atoms with Gasteiger partial charge in [-0.05, 0) is 17.7 Å². The summed E-state index contributed by atoms with van der Waals surface area (Å²) in [5.74, 6) is -1.15. The molecule has 2 aromatic rings. The van der Waals surface area contributed by atoms with Crippen molar-refractivity contribution in [2.75, 3.05) is 5.32 Å². The number of nitro groups is 1. The normalized spacial score (nSPS) is 19.4. The number of anilines is 1. The van der Waals surface area contributed by atoms with Crippen LogP contribution in [0.1, 0.15) is 12.0 Å². The van der Waals surface area contributed by atoms with E-state index in [0.717, 1.165) is 0 Å². The summed E-state index contributed by atoms with van der Waals surface area (Å²) in [5, 5.41) is 17.3. The minimum absolute atomic E-state index is 0.0299. The third kappa shape index (κ3) is 3.31. The highest BCUT2D eigenvalue weighted by Gasteiger charge is 2.53. The van der Waals surface area contributed by atoms with E-state index in [1.807, 2.05) is 0 Å². The Hall–Kier alpha value is -2.48. The lowest BCUT2D eigenvalue weighted by atomic mass is 10.2. The quantitative estimate of drug-likeness (QED) is 0.669. The molecule has 1 amide bonds. The molecule has 0 unspecified atom stereocenters. The lowest BCUT2D eigenvalue weighted by Crippen LogP contribution is -2.20. The van der Waals surface area contributed by atoms with Crippen molar-refractivity contribution in [1.82, 2.24) is 9.78 Å². The van der Waals surface area contributed by atoms with E-state index in [9.17, 15) is 19.3 Å². The van der Waals surface area contributed by atoms with Crippen LogP contribution in [0.15, 0.2) is 30.5 Å². The first-order chi connectivity index (χ1) is 11.0. The molecule has 3 rings (SSSR count). The van der Waals surface area contributed by atoms with Crippen LogP contribution < -0.4 is 5.32 Å². The first kappa shape index (κ1) is 15.4. The van der Waals surface area contributed by atoms with Crippen LogP contribution in [0.25, 0.3) is 0 Å². The highest BCUT2D eigenvalue weighted by atomic mass is 35.5. The number of amides is 1. The van der Waals surface area contributed by atoms with E-state index in [0.29, 0.717) is 11.4 Å². The van der Waals surface area contributed by atoms with Crippen molar-refractivity contribution in [3.63, 3.8) is 0 Å². The predicted octanol–water partition coefficient (Wildman–Crippen LogP) is 2.33. The van der Waals surface area contributed by atoms with E-state index < -0.39 is 28.6 Å². The van der Waals surface area contributed by atoms with Gasteiger partial charge in [-0.15, -0.1) is 0 Å². The van der Waals surface area contributed by atoms with Crippen molar-refractivity contribution in [1.29, 1.82) is 0 Å². The number of halogens is 2. The topological polar surface area (TPSA) is 90.1 Å². The molecule has 0 spiro atoms. The minimum atomic E-state index is -0.809. The maximum Gasteiger partial charge on any atom is 0.235 e. The lowest BCUT2D eigenvalue weighted by Gasteiger charge is -2.09. The standard InChI is InChI=1S/C14H12ClFN4O3/c15-10-2-1-8(5-11(10)16)7-19-13(3-4-17-19)18-14(21)9-6-12(9)20(22)23/h1-5,9,12H,6-7H2,(H,18,21)/t9-,12-/m0/s1. The molecule has 1 heterocycles. The van der Waals surface area contributed by atoms with Crippen LogP contribution in [-0.4, -0.2) is 26.7 Å².